The van der Waals surface area contributed by atoms with Gasteiger partial charge in [-0.05, 0) is 37.1 Å². The third-order valence-corrected chi connectivity index (χ3v) is 5.07. The fourth-order valence-corrected chi connectivity index (χ4v) is 3.17. The number of aryl methyl sites for hydroxylation is 3. The monoisotopic (exact) mass is 460 g/mol. The minimum Gasteiger partial charge on any atom is -0.492 e. The van der Waals surface area contributed by atoms with Gasteiger partial charge in [-0.1, -0.05) is 0 Å². The Morgan fingerprint density at radius 1 is 1.03 bits per heavy atom. The average Bonchev–Trinajstić information content (AvgIpc) is 3.27. The highest BCUT2D eigenvalue weighted by Gasteiger charge is 2.20. The molecule has 12 nitrogen and oxygen atoms in total. The van der Waals surface area contributed by atoms with E-state index in [2.05, 4.69) is 46.2 Å². The van der Waals surface area contributed by atoms with Crippen LogP contribution in [0, 0.1) is 13.8 Å². The Bertz CT molecular complexity index is 1350. The topological polar surface area (TPSA) is 145 Å². The highest BCUT2D eigenvalue weighted by atomic mass is 16.5. The molecule has 0 fully saturated rings. The normalized spacial score (nSPS) is 10.6. The molecule has 1 amide bonds. The number of nitrogens with one attached hydrogen (secondary N) is 3. The van der Waals surface area contributed by atoms with E-state index in [1.807, 2.05) is 19.9 Å². The van der Waals surface area contributed by atoms with Crippen molar-refractivity contribution in [3.8, 4) is 17.1 Å². The molecule has 0 spiro atoms. The maximum absolute atomic E-state index is 12.5. The maximum Gasteiger partial charge on any atom is 0.273 e. The van der Waals surface area contributed by atoms with Gasteiger partial charge in [0.05, 0.1) is 18.4 Å². The van der Waals surface area contributed by atoms with Gasteiger partial charge in [0, 0.05) is 32.6 Å². The minimum absolute atomic E-state index is 0.0892. The fraction of sp³-hybridized carbons (Fsp3) is 0.227. The fourth-order valence-electron chi connectivity index (χ4n) is 3.17. The van der Waals surface area contributed by atoms with E-state index in [1.54, 1.807) is 42.6 Å². The number of rotatable bonds is 7. The van der Waals surface area contributed by atoms with E-state index in [1.165, 1.54) is 14.2 Å². The Hall–Kier alpha value is -4.61. The van der Waals surface area contributed by atoms with Gasteiger partial charge < -0.3 is 20.7 Å². The molecule has 0 unspecified atom stereocenters. The van der Waals surface area contributed by atoms with Crippen molar-refractivity contribution in [2.45, 2.75) is 13.8 Å². The van der Waals surface area contributed by atoms with Crippen LogP contribution in [0.1, 0.15) is 21.6 Å². The SMILES string of the molecule is CNC(=O)c1nnc(Nc2cc(C)c(C)cn2)cc1Nc1nccc(-c2ncn(C)n2)c1OC. The van der Waals surface area contributed by atoms with Gasteiger partial charge in [-0.25, -0.2) is 15.0 Å². The number of ether oxygens (including phenoxy) is 1. The third-order valence-electron chi connectivity index (χ3n) is 5.07. The number of methoxy groups -OCH3 is 1. The summed E-state index contributed by atoms with van der Waals surface area (Å²) in [5.41, 5.74) is 3.26. The van der Waals surface area contributed by atoms with Crippen molar-refractivity contribution in [1.82, 2.24) is 40.2 Å². The summed E-state index contributed by atoms with van der Waals surface area (Å²) in [5, 5.41) is 21.4. The molecule has 174 valence electrons. The summed E-state index contributed by atoms with van der Waals surface area (Å²) in [7, 11) is 4.82. The summed E-state index contributed by atoms with van der Waals surface area (Å²) in [6, 6.07) is 5.31. The molecule has 0 saturated heterocycles. The number of hydrogen-bond acceptors (Lipinski definition) is 10. The lowest BCUT2D eigenvalue weighted by Crippen LogP contribution is -2.21. The van der Waals surface area contributed by atoms with Gasteiger partial charge >= 0.3 is 0 Å². The predicted octanol–water partition coefficient (Wildman–Crippen LogP) is 2.53. The quantitative estimate of drug-likeness (QED) is 0.376. The summed E-state index contributed by atoms with van der Waals surface area (Å²) in [4.78, 5) is 25.5. The van der Waals surface area contributed by atoms with Crippen LogP contribution in [0.25, 0.3) is 11.4 Å². The molecule has 0 aliphatic rings. The van der Waals surface area contributed by atoms with Crippen molar-refractivity contribution >= 4 is 29.0 Å². The molecule has 12 heteroatoms. The number of amides is 1. The van der Waals surface area contributed by atoms with Crippen molar-refractivity contribution in [2.24, 2.45) is 7.05 Å². The molecule has 34 heavy (non-hydrogen) atoms. The molecule has 4 rings (SSSR count). The molecule has 0 aromatic carbocycles. The second-order valence-corrected chi connectivity index (χ2v) is 7.46. The van der Waals surface area contributed by atoms with Gasteiger partial charge in [0.25, 0.3) is 5.91 Å². The number of carbonyl (C=O) groups is 1. The third kappa shape index (κ3) is 4.60. The van der Waals surface area contributed by atoms with Crippen LogP contribution in [0.5, 0.6) is 5.75 Å². The lowest BCUT2D eigenvalue weighted by Gasteiger charge is -2.15. The van der Waals surface area contributed by atoms with Crippen molar-refractivity contribution < 1.29 is 9.53 Å². The van der Waals surface area contributed by atoms with Gasteiger partial charge in [0.15, 0.2) is 28.9 Å². The summed E-state index contributed by atoms with van der Waals surface area (Å²) >= 11 is 0. The van der Waals surface area contributed by atoms with Crippen molar-refractivity contribution in [3.63, 3.8) is 0 Å². The van der Waals surface area contributed by atoms with Crippen LogP contribution in [-0.2, 0) is 7.05 Å². The first-order chi connectivity index (χ1) is 16.4. The molecule has 0 aliphatic carbocycles. The standard InChI is InChI=1S/C22H24N10O2/c1-12-8-16(25-10-13(12)2)28-17-9-15(18(30-29-17)22(33)23-3)27-21-19(34-5)14(6-7-24-21)20-26-11-32(4)31-20/h6-11H,1-5H3,(H,23,33)(H2,24,25,27,28,29). The first kappa shape index (κ1) is 22.6. The summed E-state index contributed by atoms with van der Waals surface area (Å²) in [6.45, 7) is 3.98. The van der Waals surface area contributed by atoms with Gasteiger partial charge in [0.2, 0.25) is 0 Å². The lowest BCUT2D eigenvalue weighted by atomic mass is 10.2. The Kier molecular flexibility index (Phi) is 6.30. The van der Waals surface area contributed by atoms with Crippen LogP contribution in [0.15, 0.2) is 36.9 Å². The van der Waals surface area contributed by atoms with Crippen LogP contribution in [-0.4, -0.2) is 55.0 Å². The number of anilines is 4. The number of pyridine rings is 2. The molecular formula is C22H24N10O2. The molecular weight excluding hydrogens is 436 g/mol. The molecule has 4 aromatic rings. The highest BCUT2D eigenvalue weighted by Crippen LogP contribution is 2.35. The highest BCUT2D eigenvalue weighted by molar-refractivity contribution is 5.98. The largest absolute Gasteiger partial charge is 0.492 e. The van der Waals surface area contributed by atoms with Crippen LogP contribution >= 0.6 is 0 Å². The molecule has 0 atom stereocenters. The lowest BCUT2D eigenvalue weighted by molar-refractivity contribution is 0.0958. The van der Waals surface area contributed by atoms with Crippen molar-refractivity contribution in [1.29, 1.82) is 0 Å². The molecule has 0 radical (unpaired) electrons. The molecule has 3 N–H and O–H groups in total. The number of aromatic nitrogens is 7. The molecule has 4 aromatic heterocycles. The van der Waals surface area contributed by atoms with E-state index in [0.29, 0.717) is 40.3 Å². The van der Waals surface area contributed by atoms with Crippen molar-refractivity contribution in [2.75, 3.05) is 24.8 Å². The number of hydrogen-bond donors (Lipinski definition) is 3. The van der Waals surface area contributed by atoms with Gasteiger partial charge in [0.1, 0.15) is 12.1 Å². The maximum atomic E-state index is 12.5. The molecule has 4 heterocycles. The minimum atomic E-state index is -0.410. The molecule has 0 bridgehead atoms. The van der Waals surface area contributed by atoms with Crippen LogP contribution in [0.4, 0.5) is 23.1 Å². The molecule has 0 saturated carbocycles. The van der Waals surface area contributed by atoms with Gasteiger partial charge in [-0.2, -0.15) is 5.10 Å². The average molecular weight is 461 g/mol. The van der Waals surface area contributed by atoms with E-state index in [9.17, 15) is 4.79 Å². The van der Waals surface area contributed by atoms with E-state index in [4.69, 9.17) is 4.74 Å². The van der Waals surface area contributed by atoms with Gasteiger partial charge in [-0.3, -0.25) is 9.48 Å². The second kappa shape index (κ2) is 9.48. The van der Waals surface area contributed by atoms with Crippen molar-refractivity contribution in [3.05, 3.63) is 53.7 Å². The van der Waals surface area contributed by atoms with E-state index < -0.39 is 5.91 Å². The van der Waals surface area contributed by atoms with Crippen LogP contribution < -0.4 is 20.7 Å². The number of nitrogens with zero attached hydrogens (tertiary/aromatic N) is 7. The van der Waals surface area contributed by atoms with E-state index in [-0.39, 0.29) is 5.69 Å². The smallest absolute Gasteiger partial charge is 0.273 e. The molecule has 0 aliphatic heterocycles. The first-order valence-electron chi connectivity index (χ1n) is 10.4. The number of carbonyl (C=O) groups excluding carboxylic acids is 1. The van der Waals surface area contributed by atoms with Crippen LogP contribution in [0.3, 0.4) is 0 Å². The first-order valence-corrected chi connectivity index (χ1v) is 10.4. The van der Waals surface area contributed by atoms with E-state index >= 15 is 0 Å². The van der Waals surface area contributed by atoms with Gasteiger partial charge in [-0.15, -0.1) is 10.2 Å². The zero-order chi connectivity index (χ0) is 24.2. The summed E-state index contributed by atoms with van der Waals surface area (Å²) in [6.07, 6.45) is 4.97. The Balaban J connectivity index is 1.73. The van der Waals surface area contributed by atoms with E-state index in [0.717, 1.165) is 11.1 Å². The summed E-state index contributed by atoms with van der Waals surface area (Å²) < 4.78 is 7.21. The summed E-state index contributed by atoms with van der Waals surface area (Å²) in [5.74, 6) is 1.85. The van der Waals surface area contributed by atoms with Crippen LogP contribution in [0.2, 0.25) is 0 Å². The zero-order valence-corrected chi connectivity index (χ0v) is 19.4. The Morgan fingerprint density at radius 3 is 2.53 bits per heavy atom. The Labute approximate surface area is 195 Å². The second-order valence-electron chi connectivity index (χ2n) is 7.46. The Morgan fingerprint density at radius 2 is 1.85 bits per heavy atom. The predicted molar refractivity (Wildman–Crippen MR) is 126 cm³/mol. The zero-order valence-electron chi connectivity index (χ0n) is 19.4.